The average molecular weight is 210 g/mol. The predicted octanol–water partition coefficient (Wildman–Crippen LogP) is 2.77. The van der Waals surface area contributed by atoms with Crippen molar-refractivity contribution in [2.75, 3.05) is 0 Å². The van der Waals surface area contributed by atoms with E-state index in [-0.39, 0.29) is 5.71 Å². The smallest absolute Gasteiger partial charge is 0.0790 e. The van der Waals surface area contributed by atoms with Crippen molar-refractivity contribution in [1.82, 2.24) is 0 Å². The number of benzene rings is 1. The van der Waals surface area contributed by atoms with Crippen LogP contribution in [0.15, 0.2) is 18.2 Å². The molecule has 0 aliphatic heterocycles. The van der Waals surface area contributed by atoms with Crippen molar-refractivity contribution in [1.29, 1.82) is 10.8 Å². The minimum absolute atomic E-state index is 0.249. The molecule has 1 aromatic rings. The fraction of sp³-hybridized carbons (Fsp3) is 0.286. The van der Waals surface area contributed by atoms with Crippen molar-refractivity contribution in [2.45, 2.75) is 19.8 Å². The lowest BCUT2D eigenvalue weighted by molar-refractivity contribution is 1.18. The van der Waals surface area contributed by atoms with Crippen LogP contribution < -0.4 is 0 Å². The van der Waals surface area contributed by atoms with Crippen LogP contribution in [0.4, 0.5) is 0 Å². The predicted molar refractivity (Wildman–Crippen MR) is 66.4 cm³/mol. The van der Waals surface area contributed by atoms with Gasteiger partial charge in [-0.05, 0) is 37.5 Å². The largest absolute Gasteiger partial charge is 0.307 e. The Morgan fingerprint density at radius 2 is 2.19 bits per heavy atom. The molecule has 1 saturated carbocycles. The van der Waals surface area contributed by atoms with E-state index in [0.29, 0.717) is 5.92 Å². The molecule has 0 unspecified atom stereocenters. The molecule has 2 rings (SSSR count). The van der Waals surface area contributed by atoms with Gasteiger partial charge in [-0.1, -0.05) is 17.9 Å². The van der Waals surface area contributed by atoms with E-state index in [9.17, 15) is 0 Å². The van der Waals surface area contributed by atoms with Crippen LogP contribution in [0.1, 0.15) is 29.5 Å². The Kier molecular flexibility index (Phi) is 2.87. The SMILES string of the molecule is Cc1cc(C#CC2CC2)ccc1C(=N)C=N. The first-order valence-electron chi connectivity index (χ1n) is 5.42. The Hall–Kier alpha value is -1.88. The molecule has 0 saturated heterocycles. The van der Waals surface area contributed by atoms with E-state index in [1.54, 1.807) is 0 Å². The molecular weight excluding hydrogens is 196 g/mol. The Bertz CT molecular complexity index is 499. The van der Waals surface area contributed by atoms with E-state index in [4.69, 9.17) is 10.8 Å². The third-order valence-corrected chi connectivity index (χ3v) is 2.66. The van der Waals surface area contributed by atoms with Gasteiger partial charge in [0.15, 0.2) is 0 Å². The third-order valence-electron chi connectivity index (χ3n) is 2.66. The van der Waals surface area contributed by atoms with E-state index in [0.717, 1.165) is 22.9 Å². The van der Waals surface area contributed by atoms with Crippen LogP contribution in [-0.4, -0.2) is 11.9 Å². The van der Waals surface area contributed by atoms with Crippen molar-refractivity contribution in [3.63, 3.8) is 0 Å². The molecule has 1 aliphatic carbocycles. The summed E-state index contributed by atoms with van der Waals surface area (Å²) >= 11 is 0. The van der Waals surface area contributed by atoms with Crippen LogP contribution in [0.3, 0.4) is 0 Å². The summed E-state index contributed by atoms with van der Waals surface area (Å²) in [5.41, 5.74) is 3.08. The molecule has 1 aliphatic rings. The van der Waals surface area contributed by atoms with Crippen LogP contribution in [0.2, 0.25) is 0 Å². The summed E-state index contributed by atoms with van der Waals surface area (Å²) < 4.78 is 0. The molecule has 2 heteroatoms. The fourth-order valence-electron chi connectivity index (χ4n) is 1.53. The van der Waals surface area contributed by atoms with E-state index < -0.39 is 0 Å². The molecule has 2 nitrogen and oxygen atoms in total. The van der Waals surface area contributed by atoms with Gasteiger partial charge in [-0.3, -0.25) is 5.41 Å². The number of nitrogens with one attached hydrogen (secondary N) is 2. The van der Waals surface area contributed by atoms with Crippen LogP contribution in [0.25, 0.3) is 0 Å². The van der Waals surface area contributed by atoms with Crippen LogP contribution in [0, 0.1) is 35.5 Å². The summed E-state index contributed by atoms with van der Waals surface area (Å²) in [4.78, 5) is 0. The van der Waals surface area contributed by atoms with Crippen LogP contribution >= 0.6 is 0 Å². The van der Waals surface area contributed by atoms with Gasteiger partial charge in [-0.2, -0.15) is 0 Å². The highest BCUT2D eigenvalue weighted by Gasteiger charge is 2.17. The number of rotatable bonds is 2. The molecule has 0 amide bonds. The van der Waals surface area contributed by atoms with Gasteiger partial charge in [0.2, 0.25) is 0 Å². The summed E-state index contributed by atoms with van der Waals surface area (Å²) in [5.74, 6) is 6.98. The van der Waals surface area contributed by atoms with E-state index >= 15 is 0 Å². The monoisotopic (exact) mass is 210 g/mol. The standard InChI is InChI=1S/C14H14N2/c1-10-8-12(5-4-11-2-3-11)6-7-13(10)14(16)9-15/h6-9,11,15-16H,2-3H2,1H3. The summed E-state index contributed by atoms with van der Waals surface area (Å²) in [5, 5.41) is 14.7. The Morgan fingerprint density at radius 1 is 1.44 bits per heavy atom. The lowest BCUT2D eigenvalue weighted by Crippen LogP contribution is -2.02. The second kappa shape index (κ2) is 4.32. The van der Waals surface area contributed by atoms with Gasteiger partial charge >= 0.3 is 0 Å². The maximum atomic E-state index is 7.59. The molecule has 0 radical (unpaired) electrons. The van der Waals surface area contributed by atoms with Crippen LogP contribution in [-0.2, 0) is 0 Å². The normalized spacial score (nSPS) is 13.8. The Labute approximate surface area is 95.7 Å². The zero-order valence-electron chi connectivity index (χ0n) is 9.30. The van der Waals surface area contributed by atoms with Crippen LogP contribution in [0.5, 0.6) is 0 Å². The lowest BCUT2D eigenvalue weighted by atomic mass is 10.0. The van der Waals surface area contributed by atoms with Gasteiger partial charge in [-0.25, -0.2) is 0 Å². The minimum atomic E-state index is 0.249. The highest BCUT2D eigenvalue weighted by Crippen LogP contribution is 2.27. The minimum Gasteiger partial charge on any atom is -0.307 e. The van der Waals surface area contributed by atoms with E-state index in [2.05, 4.69) is 11.8 Å². The average Bonchev–Trinajstić information content (AvgIpc) is 3.09. The highest BCUT2D eigenvalue weighted by atomic mass is 14.5. The van der Waals surface area contributed by atoms with Crippen molar-refractivity contribution in [3.05, 3.63) is 34.9 Å². The first kappa shape index (κ1) is 10.6. The number of aryl methyl sites for hydroxylation is 1. The van der Waals surface area contributed by atoms with Crippen molar-refractivity contribution < 1.29 is 0 Å². The first-order chi connectivity index (χ1) is 7.70. The zero-order valence-corrected chi connectivity index (χ0v) is 9.30. The molecule has 0 aromatic heterocycles. The summed E-state index contributed by atoms with van der Waals surface area (Å²) in [6.07, 6.45) is 3.54. The second-order valence-electron chi connectivity index (χ2n) is 4.13. The van der Waals surface area contributed by atoms with Crippen molar-refractivity contribution >= 4 is 11.9 Å². The highest BCUT2D eigenvalue weighted by molar-refractivity contribution is 6.36. The van der Waals surface area contributed by atoms with Gasteiger partial charge in [0.1, 0.15) is 0 Å². The van der Waals surface area contributed by atoms with Gasteiger partial charge < -0.3 is 5.41 Å². The molecule has 0 spiro atoms. The van der Waals surface area contributed by atoms with Crippen molar-refractivity contribution in [2.24, 2.45) is 5.92 Å². The molecular formula is C14H14N2. The van der Waals surface area contributed by atoms with Gasteiger partial charge in [0.25, 0.3) is 0 Å². The molecule has 16 heavy (non-hydrogen) atoms. The second-order valence-corrected chi connectivity index (χ2v) is 4.13. The maximum Gasteiger partial charge on any atom is 0.0790 e. The lowest BCUT2D eigenvalue weighted by Gasteiger charge is -2.03. The topological polar surface area (TPSA) is 47.7 Å². The molecule has 1 fully saturated rings. The zero-order chi connectivity index (χ0) is 11.5. The number of hydrogen-bond acceptors (Lipinski definition) is 2. The Balaban J connectivity index is 2.25. The molecule has 80 valence electrons. The van der Waals surface area contributed by atoms with E-state index in [1.165, 1.54) is 12.8 Å². The molecule has 2 N–H and O–H groups in total. The Morgan fingerprint density at radius 3 is 2.75 bits per heavy atom. The summed E-state index contributed by atoms with van der Waals surface area (Å²) in [6, 6.07) is 5.79. The molecule has 0 heterocycles. The van der Waals surface area contributed by atoms with Gasteiger partial charge in [0, 0.05) is 23.3 Å². The quantitative estimate of drug-likeness (QED) is 0.557. The summed E-state index contributed by atoms with van der Waals surface area (Å²) in [6.45, 7) is 1.95. The third kappa shape index (κ3) is 2.38. The van der Waals surface area contributed by atoms with Gasteiger partial charge in [0.05, 0.1) is 5.71 Å². The molecule has 0 bridgehead atoms. The summed E-state index contributed by atoms with van der Waals surface area (Å²) in [7, 11) is 0. The molecule has 1 aromatic carbocycles. The number of hydrogen-bond donors (Lipinski definition) is 2. The maximum absolute atomic E-state index is 7.59. The first-order valence-corrected chi connectivity index (χ1v) is 5.42. The van der Waals surface area contributed by atoms with E-state index in [1.807, 2.05) is 25.1 Å². The fourth-order valence-corrected chi connectivity index (χ4v) is 1.53. The molecule has 0 atom stereocenters. The van der Waals surface area contributed by atoms with Gasteiger partial charge in [-0.15, -0.1) is 0 Å². The van der Waals surface area contributed by atoms with Crippen molar-refractivity contribution in [3.8, 4) is 11.8 Å².